The number of hydrogen-bond donors (Lipinski definition) is 1. The monoisotopic (exact) mass is 259 g/mol. The van der Waals surface area contributed by atoms with Crippen molar-refractivity contribution in [3.8, 4) is 11.1 Å². The van der Waals surface area contributed by atoms with Crippen molar-refractivity contribution in [1.29, 1.82) is 0 Å². The average Bonchev–Trinajstić information content (AvgIpc) is 2.82. The van der Waals surface area contributed by atoms with Crippen LogP contribution >= 0.6 is 11.3 Å². The van der Waals surface area contributed by atoms with Crippen LogP contribution < -0.4 is 5.32 Å². The summed E-state index contributed by atoms with van der Waals surface area (Å²) in [6.45, 7) is 7.58. The topological polar surface area (TPSA) is 12.0 Å². The molecule has 0 radical (unpaired) electrons. The van der Waals surface area contributed by atoms with Crippen LogP contribution in [0.15, 0.2) is 35.7 Å². The molecule has 2 rings (SSSR count). The largest absolute Gasteiger partial charge is 0.310 e. The van der Waals surface area contributed by atoms with E-state index in [0.717, 1.165) is 13.0 Å². The van der Waals surface area contributed by atoms with Gasteiger partial charge >= 0.3 is 0 Å². The molecule has 1 aromatic carbocycles. The van der Waals surface area contributed by atoms with E-state index in [4.69, 9.17) is 0 Å². The third kappa shape index (κ3) is 2.82. The summed E-state index contributed by atoms with van der Waals surface area (Å²) in [7, 11) is 0. The Balaban J connectivity index is 2.22. The highest BCUT2D eigenvalue weighted by atomic mass is 32.1. The number of aryl methyl sites for hydroxylation is 1. The maximum absolute atomic E-state index is 3.52. The fourth-order valence-electron chi connectivity index (χ4n) is 2.32. The second-order valence-electron chi connectivity index (χ2n) is 4.53. The zero-order chi connectivity index (χ0) is 13.0. The molecule has 1 N–H and O–H groups in total. The van der Waals surface area contributed by atoms with Crippen LogP contribution in [0, 0.1) is 6.92 Å². The number of nitrogens with one attached hydrogen (secondary N) is 1. The van der Waals surface area contributed by atoms with E-state index < -0.39 is 0 Å². The molecular weight excluding hydrogens is 238 g/mol. The van der Waals surface area contributed by atoms with Crippen molar-refractivity contribution in [2.24, 2.45) is 0 Å². The third-order valence-corrected chi connectivity index (χ3v) is 4.19. The van der Waals surface area contributed by atoms with Crippen LogP contribution in [-0.4, -0.2) is 6.54 Å². The molecule has 0 aliphatic rings. The lowest BCUT2D eigenvalue weighted by molar-refractivity contribution is 0.537. The van der Waals surface area contributed by atoms with Gasteiger partial charge in [-0.05, 0) is 48.0 Å². The highest BCUT2D eigenvalue weighted by Gasteiger charge is 2.08. The van der Waals surface area contributed by atoms with Crippen molar-refractivity contribution >= 4 is 11.3 Å². The minimum atomic E-state index is 0.479. The Morgan fingerprint density at radius 1 is 1.11 bits per heavy atom. The summed E-state index contributed by atoms with van der Waals surface area (Å²) in [5.74, 6) is 0. The quantitative estimate of drug-likeness (QED) is 0.814. The molecule has 0 saturated carbocycles. The molecule has 1 heterocycles. The van der Waals surface area contributed by atoms with Crippen molar-refractivity contribution in [3.05, 3.63) is 46.2 Å². The number of hydrogen-bond acceptors (Lipinski definition) is 2. The van der Waals surface area contributed by atoms with E-state index in [2.05, 4.69) is 61.8 Å². The summed E-state index contributed by atoms with van der Waals surface area (Å²) in [5, 5.41) is 5.68. The average molecular weight is 259 g/mol. The van der Waals surface area contributed by atoms with Gasteiger partial charge in [-0.3, -0.25) is 0 Å². The van der Waals surface area contributed by atoms with E-state index in [9.17, 15) is 0 Å². The zero-order valence-electron chi connectivity index (χ0n) is 11.4. The van der Waals surface area contributed by atoms with Crippen molar-refractivity contribution < 1.29 is 0 Å². The summed E-state index contributed by atoms with van der Waals surface area (Å²) in [5.41, 5.74) is 4.07. The SMILES string of the molecule is CCNC(CC)c1ccc(-c2ccsc2C)cc1. The first kappa shape index (κ1) is 13.3. The van der Waals surface area contributed by atoms with Crippen LogP contribution in [-0.2, 0) is 0 Å². The fraction of sp³-hybridized carbons (Fsp3) is 0.375. The van der Waals surface area contributed by atoms with Gasteiger partial charge in [0.05, 0.1) is 0 Å². The predicted molar refractivity (Wildman–Crippen MR) is 81.2 cm³/mol. The van der Waals surface area contributed by atoms with E-state index in [1.807, 2.05) is 11.3 Å². The van der Waals surface area contributed by atoms with Gasteiger partial charge in [0.2, 0.25) is 0 Å². The second kappa shape index (κ2) is 6.17. The van der Waals surface area contributed by atoms with Crippen molar-refractivity contribution in [2.75, 3.05) is 6.54 Å². The maximum atomic E-state index is 3.52. The summed E-state index contributed by atoms with van der Waals surface area (Å²) in [6.07, 6.45) is 1.13. The standard InChI is InChI=1S/C16H21NS/c1-4-16(17-5-2)14-8-6-13(7-9-14)15-10-11-18-12(15)3/h6-11,16-17H,4-5H2,1-3H3. The molecule has 2 heteroatoms. The Hall–Kier alpha value is -1.12. The number of benzene rings is 1. The van der Waals surface area contributed by atoms with Crippen molar-refractivity contribution in [1.82, 2.24) is 5.32 Å². The van der Waals surface area contributed by atoms with Gasteiger partial charge in [0.15, 0.2) is 0 Å². The van der Waals surface area contributed by atoms with E-state index in [0.29, 0.717) is 6.04 Å². The Morgan fingerprint density at radius 3 is 2.33 bits per heavy atom. The summed E-state index contributed by atoms with van der Waals surface area (Å²) < 4.78 is 0. The molecule has 1 atom stereocenters. The van der Waals surface area contributed by atoms with E-state index in [1.165, 1.54) is 21.6 Å². The minimum absolute atomic E-state index is 0.479. The second-order valence-corrected chi connectivity index (χ2v) is 5.65. The lowest BCUT2D eigenvalue weighted by atomic mass is 10.00. The van der Waals surface area contributed by atoms with Gasteiger partial charge in [-0.1, -0.05) is 38.1 Å². The third-order valence-electron chi connectivity index (χ3n) is 3.34. The molecule has 18 heavy (non-hydrogen) atoms. The number of rotatable bonds is 5. The van der Waals surface area contributed by atoms with Gasteiger partial charge in [0.25, 0.3) is 0 Å². The van der Waals surface area contributed by atoms with Crippen LogP contribution in [0.2, 0.25) is 0 Å². The predicted octanol–water partition coefficient (Wildman–Crippen LogP) is 4.78. The molecule has 96 valence electrons. The molecule has 0 bridgehead atoms. The Morgan fingerprint density at radius 2 is 1.83 bits per heavy atom. The smallest absolute Gasteiger partial charge is 0.0317 e. The van der Waals surface area contributed by atoms with Gasteiger partial charge in [-0.25, -0.2) is 0 Å². The van der Waals surface area contributed by atoms with Crippen LogP contribution in [0.5, 0.6) is 0 Å². The lowest BCUT2D eigenvalue weighted by Gasteiger charge is -2.16. The van der Waals surface area contributed by atoms with Crippen LogP contribution in [0.4, 0.5) is 0 Å². The summed E-state index contributed by atoms with van der Waals surface area (Å²) in [4.78, 5) is 1.39. The van der Waals surface area contributed by atoms with Crippen LogP contribution in [0.3, 0.4) is 0 Å². The van der Waals surface area contributed by atoms with Gasteiger partial charge in [0, 0.05) is 10.9 Å². The van der Waals surface area contributed by atoms with Crippen molar-refractivity contribution in [3.63, 3.8) is 0 Å². The molecule has 0 saturated heterocycles. The maximum Gasteiger partial charge on any atom is 0.0317 e. The Labute approximate surface area is 114 Å². The normalized spacial score (nSPS) is 12.6. The Bertz CT molecular complexity index is 484. The number of thiophene rings is 1. The van der Waals surface area contributed by atoms with Gasteiger partial charge in [-0.2, -0.15) is 0 Å². The fourth-order valence-corrected chi connectivity index (χ4v) is 3.04. The van der Waals surface area contributed by atoms with Gasteiger partial charge in [0.1, 0.15) is 0 Å². The molecule has 2 aromatic rings. The molecule has 0 aliphatic heterocycles. The molecule has 1 aromatic heterocycles. The molecule has 0 amide bonds. The first-order valence-corrected chi connectivity index (χ1v) is 7.52. The van der Waals surface area contributed by atoms with Crippen molar-refractivity contribution in [2.45, 2.75) is 33.2 Å². The highest BCUT2D eigenvalue weighted by molar-refractivity contribution is 7.10. The minimum Gasteiger partial charge on any atom is -0.310 e. The van der Waals surface area contributed by atoms with E-state index in [1.54, 1.807) is 0 Å². The molecule has 1 nitrogen and oxygen atoms in total. The zero-order valence-corrected chi connectivity index (χ0v) is 12.2. The summed E-state index contributed by atoms with van der Waals surface area (Å²) in [6, 6.07) is 11.7. The van der Waals surface area contributed by atoms with Gasteiger partial charge in [-0.15, -0.1) is 11.3 Å². The molecule has 0 aliphatic carbocycles. The Kier molecular flexibility index (Phi) is 4.56. The first-order chi connectivity index (χ1) is 8.76. The molecule has 1 unspecified atom stereocenters. The highest BCUT2D eigenvalue weighted by Crippen LogP contribution is 2.28. The molecular formula is C16H21NS. The van der Waals surface area contributed by atoms with E-state index >= 15 is 0 Å². The molecule has 0 spiro atoms. The van der Waals surface area contributed by atoms with Gasteiger partial charge < -0.3 is 5.32 Å². The van der Waals surface area contributed by atoms with E-state index in [-0.39, 0.29) is 0 Å². The molecule has 0 fully saturated rings. The van der Waals surface area contributed by atoms with Crippen LogP contribution in [0.25, 0.3) is 11.1 Å². The lowest BCUT2D eigenvalue weighted by Crippen LogP contribution is -2.19. The van der Waals surface area contributed by atoms with Crippen LogP contribution in [0.1, 0.15) is 36.8 Å². The summed E-state index contributed by atoms with van der Waals surface area (Å²) >= 11 is 1.81. The first-order valence-electron chi connectivity index (χ1n) is 6.64.